The molecule has 0 spiro atoms. The minimum Gasteiger partial charge on any atom is -0.388 e. The average Bonchev–Trinajstić information content (AvgIpc) is 2.87. The second kappa shape index (κ2) is 5.44. The molecular weight excluding hydrogens is 284 g/mol. The number of likely N-dealkylation sites (N-methyl/N-ethyl adjacent to an activating group) is 1. The summed E-state index contributed by atoms with van der Waals surface area (Å²) in [5.74, 6) is -0.720. The topological polar surface area (TPSA) is 81.2 Å². The van der Waals surface area contributed by atoms with Crippen molar-refractivity contribution in [3.63, 3.8) is 0 Å². The van der Waals surface area contributed by atoms with Gasteiger partial charge in [-0.25, -0.2) is 4.79 Å². The van der Waals surface area contributed by atoms with Crippen molar-refractivity contribution in [1.29, 1.82) is 0 Å². The van der Waals surface area contributed by atoms with E-state index >= 15 is 0 Å². The van der Waals surface area contributed by atoms with Gasteiger partial charge in [-0.1, -0.05) is 12.1 Å². The third-order valence-electron chi connectivity index (χ3n) is 3.27. The second-order valence-electron chi connectivity index (χ2n) is 4.99. The summed E-state index contributed by atoms with van der Waals surface area (Å²) in [6.07, 6.45) is 1.69. The molecule has 0 radical (unpaired) electrons. The summed E-state index contributed by atoms with van der Waals surface area (Å²) in [4.78, 5) is 29.2. The van der Waals surface area contributed by atoms with Crippen molar-refractivity contribution >= 4 is 16.8 Å². The predicted octanol–water partition coefficient (Wildman–Crippen LogP) is 1.14. The van der Waals surface area contributed by atoms with E-state index in [1.165, 1.54) is 4.90 Å². The lowest BCUT2D eigenvalue weighted by Gasteiger charge is -2.08. The van der Waals surface area contributed by atoms with E-state index in [9.17, 15) is 9.59 Å². The number of amides is 1. The Hall–Kier alpha value is -2.96. The van der Waals surface area contributed by atoms with Crippen molar-refractivity contribution < 1.29 is 9.21 Å². The Balaban J connectivity index is 2.06. The minimum atomic E-state index is -0.661. The van der Waals surface area contributed by atoms with E-state index in [-0.39, 0.29) is 18.3 Å². The lowest BCUT2D eigenvalue weighted by atomic mass is 10.1. The van der Waals surface area contributed by atoms with Crippen LogP contribution in [0.3, 0.4) is 0 Å². The first-order valence-electron chi connectivity index (χ1n) is 6.68. The van der Waals surface area contributed by atoms with E-state index in [0.717, 1.165) is 15.6 Å². The van der Waals surface area contributed by atoms with Gasteiger partial charge in [0.1, 0.15) is 6.54 Å². The molecule has 3 rings (SSSR count). The Morgan fingerprint density at radius 2 is 2.09 bits per heavy atom. The highest BCUT2D eigenvalue weighted by Gasteiger charge is 2.15. The summed E-state index contributed by atoms with van der Waals surface area (Å²) in [6, 6.07) is 9.16. The third kappa shape index (κ3) is 2.48. The highest BCUT2D eigenvalue weighted by Crippen LogP contribution is 2.25. The van der Waals surface area contributed by atoms with Crippen LogP contribution in [0.5, 0.6) is 0 Å². The molecule has 112 valence electrons. The number of benzene rings is 1. The van der Waals surface area contributed by atoms with E-state index in [2.05, 4.69) is 10.1 Å². The summed E-state index contributed by atoms with van der Waals surface area (Å²) in [7, 11) is 3.23. The molecule has 0 aliphatic rings. The molecule has 2 aromatic heterocycles. The molecule has 0 fully saturated rings. The predicted molar refractivity (Wildman–Crippen MR) is 80.2 cm³/mol. The number of aromatic nitrogens is 3. The molecule has 0 saturated carbocycles. The number of hydrogen-bond donors (Lipinski definition) is 0. The molecule has 7 nitrogen and oxygen atoms in total. The molecule has 1 aromatic carbocycles. The Labute approximate surface area is 125 Å². The fourth-order valence-corrected chi connectivity index (χ4v) is 2.07. The molecular formula is C15H14N4O3. The van der Waals surface area contributed by atoms with E-state index in [0.29, 0.717) is 5.56 Å². The zero-order valence-electron chi connectivity index (χ0n) is 12.2. The molecule has 0 saturated heterocycles. The first kappa shape index (κ1) is 14.0. The maximum Gasteiger partial charge on any atom is 0.437 e. The molecule has 0 aliphatic carbocycles. The molecule has 1 amide bonds. The first-order valence-corrected chi connectivity index (χ1v) is 6.68. The summed E-state index contributed by atoms with van der Waals surface area (Å²) >= 11 is 0. The number of carbonyl (C=O) groups is 1. The third-order valence-corrected chi connectivity index (χ3v) is 3.27. The summed E-state index contributed by atoms with van der Waals surface area (Å²) in [5, 5.41) is 4.95. The fourth-order valence-electron chi connectivity index (χ4n) is 2.07. The average molecular weight is 298 g/mol. The standard InChI is InChI=1S/C15H14N4O3/c1-18(2)13(20)9-19-15(21)22-14(17-19)11-5-3-7-12-10(11)6-4-8-16-12/h3-8H,9H2,1-2H3. The molecule has 0 atom stereocenters. The van der Waals surface area contributed by atoms with Crippen LogP contribution >= 0.6 is 0 Å². The van der Waals surface area contributed by atoms with Gasteiger partial charge in [-0.2, -0.15) is 4.68 Å². The van der Waals surface area contributed by atoms with E-state index < -0.39 is 5.76 Å². The van der Waals surface area contributed by atoms with Gasteiger partial charge in [-0.15, -0.1) is 5.10 Å². The highest BCUT2D eigenvalue weighted by molar-refractivity contribution is 5.92. The SMILES string of the molecule is CN(C)C(=O)Cn1nc(-c2cccc3ncccc23)oc1=O. The fraction of sp³-hybridized carbons (Fsp3) is 0.200. The van der Waals surface area contributed by atoms with Gasteiger partial charge in [0.25, 0.3) is 0 Å². The number of fused-ring (bicyclic) bond motifs is 1. The lowest BCUT2D eigenvalue weighted by Crippen LogP contribution is -2.30. The van der Waals surface area contributed by atoms with Crippen LogP contribution in [-0.4, -0.2) is 39.7 Å². The van der Waals surface area contributed by atoms with Gasteiger partial charge in [0.2, 0.25) is 11.8 Å². The van der Waals surface area contributed by atoms with Crippen molar-refractivity contribution in [2.24, 2.45) is 0 Å². The van der Waals surface area contributed by atoms with Crippen molar-refractivity contribution in [2.45, 2.75) is 6.54 Å². The monoisotopic (exact) mass is 298 g/mol. The Bertz CT molecular complexity index is 890. The van der Waals surface area contributed by atoms with Crippen molar-refractivity contribution in [2.75, 3.05) is 14.1 Å². The Kier molecular flexibility index (Phi) is 3.46. The second-order valence-corrected chi connectivity index (χ2v) is 4.99. The van der Waals surface area contributed by atoms with Crippen LogP contribution in [0.15, 0.2) is 45.7 Å². The number of rotatable bonds is 3. The van der Waals surface area contributed by atoms with Gasteiger partial charge >= 0.3 is 5.76 Å². The van der Waals surface area contributed by atoms with Gasteiger partial charge in [0, 0.05) is 31.2 Å². The van der Waals surface area contributed by atoms with E-state index in [1.54, 1.807) is 32.4 Å². The quantitative estimate of drug-likeness (QED) is 0.724. The van der Waals surface area contributed by atoms with Crippen LogP contribution in [0.1, 0.15) is 0 Å². The first-order chi connectivity index (χ1) is 10.6. The highest BCUT2D eigenvalue weighted by atomic mass is 16.4. The maximum absolute atomic E-state index is 11.9. The molecule has 3 aromatic rings. The molecule has 0 unspecified atom stereocenters. The van der Waals surface area contributed by atoms with Crippen LogP contribution in [0.25, 0.3) is 22.4 Å². The van der Waals surface area contributed by atoms with Gasteiger partial charge < -0.3 is 9.32 Å². The van der Waals surface area contributed by atoms with Crippen LogP contribution in [0, 0.1) is 0 Å². The maximum atomic E-state index is 11.9. The number of nitrogens with zero attached hydrogens (tertiary/aromatic N) is 4. The van der Waals surface area contributed by atoms with Crippen molar-refractivity contribution in [1.82, 2.24) is 19.7 Å². The molecule has 0 aliphatic heterocycles. The van der Waals surface area contributed by atoms with E-state index in [4.69, 9.17) is 4.42 Å². The molecule has 0 N–H and O–H groups in total. The minimum absolute atomic E-state index is 0.154. The summed E-state index contributed by atoms with van der Waals surface area (Å²) in [6.45, 7) is -0.154. The van der Waals surface area contributed by atoms with Crippen LogP contribution < -0.4 is 5.76 Å². The van der Waals surface area contributed by atoms with E-state index in [1.807, 2.05) is 18.2 Å². The van der Waals surface area contributed by atoms with Crippen molar-refractivity contribution in [3.8, 4) is 11.5 Å². The molecule has 22 heavy (non-hydrogen) atoms. The van der Waals surface area contributed by atoms with Gasteiger partial charge in [-0.3, -0.25) is 9.78 Å². The normalized spacial score (nSPS) is 10.8. The van der Waals surface area contributed by atoms with Crippen LogP contribution in [0.2, 0.25) is 0 Å². The molecule has 2 heterocycles. The summed E-state index contributed by atoms with van der Waals surface area (Å²) in [5.41, 5.74) is 1.44. The van der Waals surface area contributed by atoms with Gasteiger partial charge in [0.15, 0.2) is 0 Å². The van der Waals surface area contributed by atoms with Crippen LogP contribution in [0.4, 0.5) is 0 Å². The summed E-state index contributed by atoms with van der Waals surface area (Å²) < 4.78 is 6.21. The van der Waals surface area contributed by atoms with Gasteiger partial charge in [0.05, 0.1) is 5.52 Å². The molecule has 7 heteroatoms. The molecule has 0 bridgehead atoms. The number of hydrogen-bond acceptors (Lipinski definition) is 5. The smallest absolute Gasteiger partial charge is 0.388 e. The number of carbonyl (C=O) groups excluding carboxylic acids is 1. The zero-order chi connectivity index (χ0) is 15.7. The largest absolute Gasteiger partial charge is 0.437 e. The van der Waals surface area contributed by atoms with Crippen LogP contribution in [-0.2, 0) is 11.3 Å². The zero-order valence-corrected chi connectivity index (χ0v) is 12.2. The Morgan fingerprint density at radius 1 is 1.27 bits per heavy atom. The number of pyridine rings is 1. The van der Waals surface area contributed by atoms with Gasteiger partial charge in [-0.05, 0) is 18.2 Å². The Morgan fingerprint density at radius 3 is 2.86 bits per heavy atom. The van der Waals surface area contributed by atoms with Crippen molar-refractivity contribution in [3.05, 3.63) is 47.1 Å². The lowest BCUT2D eigenvalue weighted by molar-refractivity contribution is -0.129.